The Hall–Kier alpha value is -4.17. The van der Waals surface area contributed by atoms with Crippen LogP contribution in [0.2, 0.25) is 0 Å². The fourth-order valence-electron chi connectivity index (χ4n) is 3.53. The summed E-state index contributed by atoms with van der Waals surface area (Å²) in [4.78, 5) is 19.8. The van der Waals surface area contributed by atoms with Gasteiger partial charge in [0.1, 0.15) is 0 Å². The molecule has 0 aliphatic rings. The Morgan fingerprint density at radius 3 is 1.50 bits per heavy atom. The number of ketones is 1. The highest BCUT2D eigenvalue weighted by atomic mass is 16.1. The smallest absolute Gasteiger partial charge is 0.289 e. The van der Waals surface area contributed by atoms with Gasteiger partial charge in [-0.25, -0.2) is 0 Å². The number of nitrogens with zero attached hydrogens (tertiary/aromatic N) is 4. The van der Waals surface area contributed by atoms with Crippen LogP contribution in [0.4, 0.5) is 0 Å². The molecule has 0 aliphatic heterocycles. The number of hydrogen-bond acceptors (Lipinski definition) is 1. The lowest BCUT2D eigenvalue weighted by atomic mass is 9.90. The molecule has 5 nitrogen and oxygen atoms in total. The van der Waals surface area contributed by atoms with E-state index in [0.717, 1.165) is 21.5 Å². The second-order valence-electron chi connectivity index (χ2n) is 6.31. The molecule has 0 amide bonds. The van der Waals surface area contributed by atoms with E-state index in [1.165, 1.54) is 12.4 Å². The van der Waals surface area contributed by atoms with E-state index >= 15 is 0 Å². The summed E-state index contributed by atoms with van der Waals surface area (Å²) in [6, 6.07) is 22.3. The highest BCUT2D eigenvalue weighted by Crippen LogP contribution is 2.27. The first-order chi connectivity index (χ1) is 13.7. The Morgan fingerprint density at radius 2 is 1.07 bits per heavy atom. The van der Waals surface area contributed by atoms with E-state index in [4.69, 9.17) is 11.1 Å². The molecule has 0 saturated carbocycles. The molecular weight excluding hydrogens is 348 g/mol. The van der Waals surface area contributed by atoms with Crippen molar-refractivity contribution in [1.29, 1.82) is 0 Å². The van der Waals surface area contributed by atoms with Crippen LogP contribution in [0.25, 0.3) is 32.6 Å². The highest BCUT2D eigenvalue weighted by molar-refractivity contribution is 6.21. The number of benzene rings is 4. The lowest BCUT2D eigenvalue weighted by molar-refractivity contribution is 0.00427. The zero-order valence-corrected chi connectivity index (χ0v) is 14.8. The molecule has 0 heterocycles. The van der Waals surface area contributed by atoms with Crippen molar-refractivity contribution in [1.82, 2.24) is 0 Å². The Kier molecular flexibility index (Phi) is 4.45. The van der Waals surface area contributed by atoms with E-state index in [0.29, 0.717) is 22.3 Å². The number of hydrogen-bond donors (Lipinski definition) is 0. The van der Waals surface area contributed by atoms with Crippen molar-refractivity contribution in [2.75, 3.05) is 0 Å². The van der Waals surface area contributed by atoms with Crippen LogP contribution in [0.5, 0.6) is 0 Å². The molecular formula is C23H14N4O. The maximum atomic E-state index is 13.4. The largest absolute Gasteiger partial charge is 0.361 e. The van der Waals surface area contributed by atoms with Crippen LogP contribution in [0, 0.1) is 0 Å². The van der Waals surface area contributed by atoms with Gasteiger partial charge in [0.25, 0.3) is 12.4 Å². The predicted octanol–water partition coefficient (Wildman–Crippen LogP) is 4.52. The normalized spacial score (nSPS) is 10.3. The van der Waals surface area contributed by atoms with Gasteiger partial charge in [0.2, 0.25) is 0 Å². The van der Waals surface area contributed by atoms with Crippen LogP contribution in [-0.4, -0.2) is 27.8 Å². The maximum Gasteiger partial charge on any atom is 0.289 e. The molecule has 4 rings (SSSR count). The summed E-state index contributed by atoms with van der Waals surface area (Å²) in [7, 11) is 0. The summed E-state index contributed by atoms with van der Waals surface area (Å²) in [5.74, 6) is -0.249. The third-order valence-corrected chi connectivity index (χ3v) is 4.80. The van der Waals surface area contributed by atoms with Crippen molar-refractivity contribution in [3.63, 3.8) is 0 Å². The molecule has 0 aliphatic carbocycles. The fourth-order valence-corrected chi connectivity index (χ4v) is 3.53. The molecule has 0 fully saturated rings. The molecule has 0 N–H and O–H groups in total. The SMILES string of the molecule is [N-]=[N+]=Cc1c(C(=O)c2ccc3ccccc3c2C=[N+]=[N-])ccc2ccccc12. The lowest BCUT2D eigenvalue weighted by Gasteiger charge is -2.10. The van der Waals surface area contributed by atoms with Gasteiger partial charge in [-0.1, -0.05) is 60.7 Å². The van der Waals surface area contributed by atoms with Crippen molar-refractivity contribution >= 4 is 39.8 Å². The van der Waals surface area contributed by atoms with Crippen LogP contribution in [0.3, 0.4) is 0 Å². The molecule has 0 bridgehead atoms. The number of carbonyl (C=O) groups excluding carboxylic acids is 1. The van der Waals surface area contributed by atoms with Gasteiger partial charge in [0.05, 0.1) is 11.1 Å². The first-order valence-electron chi connectivity index (χ1n) is 8.67. The van der Waals surface area contributed by atoms with Gasteiger partial charge in [-0.15, -0.1) is 0 Å². The summed E-state index contributed by atoms with van der Waals surface area (Å²) in [6.45, 7) is 0. The Labute approximate surface area is 160 Å². The molecule has 4 aromatic carbocycles. The first kappa shape index (κ1) is 17.3. The quantitative estimate of drug-likeness (QED) is 0.227. The van der Waals surface area contributed by atoms with E-state index in [-0.39, 0.29) is 5.78 Å². The standard InChI is InChI=1S/C23H14N4O/c24-26-13-21-17-7-3-1-5-15(17)9-11-19(21)23(28)20-12-10-16-6-2-4-8-18(16)22(20)14-27-25/h1-14H. The van der Waals surface area contributed by atoms with Gasteiger partial charge >= 0.3 is 0 Å². The third kappa shape index (κ3) is 2.83. The van der Waals surface area contributed by atoms with Crippen LogP contribution in [0.15, 0.2) is 72.8 Å². The zero-order valence-electron chi connectivity index (χ0n) is 14.8. The number of carbonyl (C=O) groups is 1. The van der Waals surface area contributed by atoms with Gasteiger partial charge in [-0.05, 0) is 33.7 Å². The van der Waals surface area contributed by atoms with E-state index < -0.39 is 0 Å². The van der Waals surface area contributed by atoms with E-state index in [2.05, 4.69) is 9.58 Å². The minimum atomic E-state index is -0.249. The molecule has 0 atom stereocenters. The van der Waals surface area contributed by atoms with Crippen molar-refractivity contribution in [3.8, 4) is 0 Å². The number of rotatable bonds is 4. The van der Waals surface area contributed by atoms with Gasteiger partial charge in [-0.3, -0.25) is 4.79 Å². The molecule has 0 saturated heterocycles. The molecule has 5 heteroatoms. The van der Waals surface area contributed by atoms with Crippen LogP contribution >= 0.6 is 0 Å². The zero-order chi connectivity index (χ0) is 19.5. The Bertz CT molecular complexity index is 1240. The summed E-state index contributed by atoms with van der Waals surface area (Å²) < 4.78 is 0. The Morgan fingerprint density at radius 1 is 0.643 bits per heavy atom. The fraction of sp³-hybridized carbons (Fsp3) is 0. The summed E-state index contributed by atoms with van der Waals surface area (Å²) in [6.07, 6.45) is 2.55. The number of fused-ring (bicyclic) bond motifs is 2. The topological polar surface area (TPSA) is 89.9 Å². The molecule has 0 spiro atoms. The first-order valence-corrected chi connectivity index (χ1v) is 8.67. The van der Waals surface area contributed by atoms with E-state index in [1.807, 2.05) is 60.7 Å². The third-order valence-electron chi connectivity index (χ3n) is 4.80. The minimum Gasteiger partial charge on any atom is -0.361 e. The second kappa shape index (κ2) is 7.22. The molecule has 0 unspecified atom stereocenters. The van der Waals surface area contributed by atoms with Crippen LogP contribution in [0.1, 0.15) is 27.0 Å². The molecule has 0 radical (unpaired) electrons. The molecule has 0 aromatic heterocycles. The minimum absolute atomic E-state index is 0.249. The molecule has 28 heavy (non-hydrogen) atoms. The Balaban J connectivity index is 2.01. The monoisotopic (exact) mass is 362 g/mol. The van der Waals surface area contributed by atoms with Gasteiger partial charge in [0.15, 0.2) is 5.78 Å². The van der Waals surface area contributed by atoms with Gasteiger partial charge < -0.3 is 11.1 Å². The van der Waals surface area contributed by atoms with Crippen molar-refractivity contribution in [3.05, 3.63) is 106 Å². The summed E-state index contributed by atoms with van der Waals surface area (Å²) in [5, 5.41) is 3.49. The van der Waals surface area contributed by atoms with Crippen LogP contribution in [-0.2, 0) is 0 Å². The highest BCUT2D eigenvalue weighted by Gasteiger charge is 2.21. The van der Waals surface area contributed by atoms with Crippen molar-refractivity contribution in [2.45, 2.75) is 0 Å². The van der Waals surface area contributed by atoms with Crippen LogP contribution < -0.4 is 0 Å². The van der Waals surface area contributed by atoms with Crippen molar-refractivity contribution < 1.29 is 14.4 Å². The summed E-state index contributed by atoms with van der Waals surface area (Å²) >= 11 is 0. The average molecular weight is 362 g/mol. The van der Waals surface area contributed by atoms with Gasteiger partial charge in [-0.2, -0.15) is 9.58 Å². The maximum absolute atomic E-state index is 13.4. The average Bonchev–Trinajstić information content (AvgIpc) is 2.74. The van der Waals surface area contributed by atoms with Gasteiger partial charge in [0, 0.05) is 11.1 Å². The molecule has 4 aromatic rings. The van der Waals surface area contributed by atoms with E-state index in [1.54, 1.807) is 12.1 Å². The van der Waals surface area contributed by atoms with Crippen molar-refractivity contribution in [2.24, 2.45) is 0 Å². The molecule has 132 valence electrons. The predicted molar refractivity (Wildman–Crippen MR) is 109 cm³/mol. The second-order valence-corrected chi connectivity index (χ2v) is 6.31. The lowest BCUT2D eigenvalue weighted by Crippen LogP contribution is -2.09. The van der Waals surface area contributed by atoms with E-state index in [9.17, 15) is 4.79 Å². The summed E-state index contributed by atoms with van der Waals surface area (Å²) in [5.41, 5.74) is 20.2.